The lowest BCUT2D eigenvalue weighted by Gasteiger charge is -2.29. The van der Waals surface area contributed by atoms with Gasteiger partial charge >= 0.3 is 12.2 Å². The van der Waals surface area contributed by atoms with Gasteiger partial charge in [0.2, 0.25) is 0 Å². The van der Waals surface area contributed by atoms with Crippen molar-refractivity contribution < 1.29 is 28.5 Å². The van der Waals surface area contributed by atoms with Gasteiger partial charge in [0.25, 0.3) is 0 Å². The van der Waals surface area contributed by atoms with Crippen LogP contribution in [0.4, 0.5) is 9.59 Å². The molecule has 2 aliphatic rings. The van der Waals surface area contributed by atoms with Crippen LogP contribution in [0.2, 0.25) is 0 Å². The second-order valence-corrected chi connectivity index (χ2v) is 11.9. The highest BCUT2D eigenvalue weighted by atomic mass is 16.6. The molecule has 0 aliphatic carbocycles. The quantitative estimate of drug-likeness (QED) is 0.409. The summed E-state index contributed by atoms with van der Waals surface area (Å²) in [6, 6.07) is 19.3. The number of carbonyl (C=O) groups excluding carboxylic acids is 2. The summed E-state index contributed by atoms with van der Waals surface area (Å²) in [5, 5.41) is 0. The number of ether oxygens (including phenoxy) is 4. The largest absolute Gasteiger partial charge is 0.444 e. The highest BCUT2D eigenvalue weighted by Gasteiger charge is 2.56. The third-order valence-electron chi connectivity index (χ3n) is 6.21. The Bertz CT molecular complexity index is 992. The minimum absolute atomic E-state index is 0.226. The van der Waals surface area contributed by atoms with Gasteiger partial charge in [0.15, 0.2) is 0 Å². The normalized spacial score (nSPS) is 20.5. The molecule has 0 bridgehead atoms. The first-order valence-corrected chi connectivity index (χ1v) is 13.2. The Hall–Kier alpha value is -3.10. The summed E-state index contributed by atoms with van der Waals surface area (Å²) in [6.07, 6.45) is -1.69. The molecular formula is C30H40N2O6. The van der Waals surface area contributed by atoms with Gasteiger partial charge in [0.1, 0.15) is 23.4 Å². The lowest BCUT2D eigenvalue weighted by atomic mass is 10.1. The molecule has 2 aromatic rings. The van der Waals surface area contributed by atoms with Gasteiger partial charge in [0.05, 0.1) is 25.3 Å². The van der Waals surface area contributed by atoms with Crippen molar-refractivity contribution in [3.05, 3.63) is 71.8 Å². The molecular weight excluding hydrogens is 484 g/mol. The van der Waals surface area contributed by atoms with Crippen LogP contribution in [0.3, 0.4) is 0 Å². The zero-order valence-corrected chi connectivity index (χ0v) is 23.3. The molecule has 206 valence electrons. The van der Waals surface area contributed by atoms with E-state index in [1.807, 2.05) is 102 Å². The molecule has 2 aliphatic heterocycles. The molecule has 2 amide bonds. The monoisotopic (exact) mass is 524 g/mol. The molecule has 0 radical (unpaired) electrons. The molecule has 0 saturated carbocycles. The molecule has 2 aromatic carbocycles. The molecule has 8 heteroatoms. The molecule has 0 N–H and O–H groups in total. The van der Waals surface area contributed by atoms with Crippen LogP contribution in [0.1, 0.15) is 52.7 Å². The maximum atomic E-state index is 12.8. The van der Waals surface area contributed by atoms with Gasteiger partial charge in [-0.1, -0.05) is 60.7 Å². The molecule has 4 rings (SSSR count). The fraction of sp³-hybridized carbons (Fsp3) is 0.533. The first-order valence-electron chi connectivity index (χ1n) is 13.2. The lowest BCUT2D eigenvalue weighted by Crippen LogP contribution is -2.44. The van der Waals surface area contributed by atoms with E-state index in [1.54, 1.807) is 9.80 Å². The highest BCUT2D eigenvalue weighted by Crippen LogP contribution is 2.36. The SMILES string of the molecule is CC(C)(C)OC(=O)N1C[C@H]1[C@@H](OCc1ccccc1)[C@H](OCc1ccccc1)[C@@H]1CN1C(=O)OC(C)(C)C. The van der Waals surface area contributed by atoms with Crippen LogP contribution in [0, 0.1) is 0 Å². The van der Waals surface area contributed by atoms with Crippen LogP contribution in [-0.4, -0.2) is 70.6 Å². The van der Waals surface area contributed by atoms with E-state index in [1.165, 1.54) is 0 Å². The predicted octanol–water partition coefficient (Wildman–Crippen LogP) is 5.40. The summed E-state index contributed by atoms with van der Waals surface area (Å²) in [5.74, 6) is 0. The molecule has 0 aromatic heterocycles. The van der Waals surface area contributed by atoms with Crippen molar-refractivity contribution in [2.24, 2.45) is 0 Å². The van der Waals surface area contributed by atoms with E-state index in [9.17, 15) is 9.59 Å². The van der Waals surface area contributed by atoms with Crippen LogP contribution in [0.5, 0.6) is 0 Å². The molecule has 8 nitrogen and oxygen atoms in total. The van der Waals surface area contributed by atoms with Gasteiger partial charge in [-0.3, -0.25) is 9.80 Å². The van der Waals surface area contributed by atoms with Gasteiger partial charge < -0.3 is 18.9 Å². The zero-order valence-electron chi connectivity index (χ0n) is 23.3. The zero-order chi connectivity index (χ0) is 27.5. The Kier molecular flexibility index (Phi) is 8.33. The van der Waals surface area contributed by atoms with Crippen LogP contribution >= 0.6 is 0 Å². The summed E-state index contributed by atoms with van der Waals surface area (Å²) in [6.45, 7) is 12.8. The van der Waals surface area contributed by atoms with Crippen LogP contribution in [0.15, 0.2) is 60.7 Å². The Balaban J connectivity index is 1.55. The molecule has 2 fully saturated rings. The maximum absolute atomic E-state index is 12.8. The first-order chi connectivity index (χ1) is 17.9. The number of nitrogens with zero attached hydrogens (tertiary/aromatic N) is 2. The number of hydrogen-bond acceptors (Lipinski definition) is 6. The fourth-order valence-electron chi connectivity index (χ4n) is 4.32. The number of carbonyl (C=O) groups is 2. The number of benzene rings is 2. The van der Waals surface area contributed by atoms with E-state index in [0.717, 1.165) is 11.1 Å². The summed E-state index contributed by atoms with van der Waals surface area (Å²) in [4.78, 5) is 29.0. The lowest BCUT2D eigenvalue weighted by molar-refractivity contribution is -0.0941. The van der Waals surface area contributed by atoms with E-state index in [0.29, 0.717) is 26.3 Å². The molecule has 2 saturated heterocycles. The smallest absolute Gasteiger partial charge is 0.410 e. The van der Waals surface area contributed by atoms with E-state index in [4.69, 9.17) is 18.9 Å². The molecule has 38 heavy (non-hydrogen) atoms. The predicted molar refractivity (Wildman–Crippen MR) is 143 cm³/mol. The minimum Gasteiger partial charge on any atom is -0.444 e. The van der Waals surface area contributed by atoms with Crippen molar-refractivity contribution in [2.75, 3.05) is 13.1 Å². The summed E-state index contributed by atoms with van der Waals surface area (Å²) >= 11 is 0. The summed E-state index contributed by atoms with van der Waals surface area (Å²) in [5.41, 5.74) is 0.836. The van der Waals surface area contributed by atoms with Crippen molar-refractivity contribution in [3.63, 3.8) is 0 Å². The summed E-state index contributed by atoms with van der Waals surface area (Å²) in [7, 11) is 0. The standard InChI is InChI=1S/C30H40N2O6/c1-29(2,3)37-27(33)31-17-23(31)25(35-19-21-13-9-7-10-14-21)26(36-20-22-15-11-8-12-16-22)24-18-32(24)28(34)38-30(4,5)6/h7-16,23-26H,17-20H2,1-6H3/t23-,24-,25+,26+,31?,32?/m0/s1. The van der Waals surface area contributed by atoms with Crippen molar-refractivity contribution in [3.8, 4) is 0 Å². The van der Waals surface area contributed by atoms with Crippen molar-refractivity contribution in [1.82, 2.24) is 9.80 Å². The first kappa shape index (κ1) is 27.9. The fourth-order valence-corrected chi connectivity index (χ4v) is 4.32. The van der Waals surface area contributed by atoms with Gasteiger partial charge in [0, 0.05) is 13.1 Å². The van der Waals surface area contributed by atoms with E-state index >= 15 is 0 Å². The van der Waals surface area contributed by atoms with Crippen LogP contribution in [-0.2, 0) is 32.2 Å². The van der Waals surface area contributed by atoms with Gasteiger partial charge in [-0.25, -0.2) is 9.59 Å². The Morgan fingerprint density at radius 1 is 0.684 bits per heavy atom. The van der Waals surface area contributed by atoms with E-state index in [-0.39, 0.29) is 24.3 Å². The van der Waals surface area contributed by atoms with Crippen LogP contribution in [0.25, 0.3) is 0 Å². The average molecular weight is 525 g/mol. The number of rotatable bonds is 9. The van der Waals surface area contributed by atoms with Crippen LogP contribution < -0.4 is 0 Å². The van der Waals surface area contributed by atoms with E-state index < -0.39 is 23.4 Å². The van der Waals surface area contributed by atoms with Crippen molar-refractivity contribution in [1.29, 1.82) is 0 Å². The Morgan fingerprint density at radius 2 is 1.03 bits per heavy atom. The maximum Gasteiger partial charge on any atom is 0.410 e. The van der Waals surface area contributed by atoms with Crippen molar-refractivity contribution >= 4 is 12.2 Å². The molecule has 0 unspecified atom stereocenters. The second kappa shape index (κ2) is 11.3. The van der Waals surface area contributed by atoms with Gasteiger partial charge in [-0.05, 0) is 52.7 Å². The highest BCUT2D eigenvalue weighted by molar-refractivity contribution is 5.72. The van der Waals surface area contributed by atoms with Crippen molar-refractivity contribution in [2.45, 2.75) is 90.2 Å². The topological polar surface area (TPSA) is 77.1 Å². The summed E-state index contributed by atoms with van der Waals surface area (Å²) < 4.78 is 24.2. The third kappa shape index (κ3) is 7.95. The van der Waals surface area contributed by atoms with E-state index in [2.05, 4.69) is 0 Å². The molecule has 2 heterocycles. The Labute approximate surface area is 225 Å². The average Bonchev–Trinajstić information content (AvgIpc) is 3.75. The minimum atomic E-state index is -0.599. The second-order valence-electron chi connectivity index (χ2n) is 11.9. The van der Waals surface area contributed by atoms with Gasteiger partial charge in [-0.2, -0.15) is 0 Å². The molecule has 4 atom stereocenters. The van der Waals surface area contributed by atoms with Gasteiger partial charge in [-0.15, -0.1) is 0 Å². The third-order valence-corrected chi connectivity index (χ3v) is 6.21. The Morgan fingerprint density at radius 3 is 1.34 bits per heavy atom. The molecule has 0 spiro atoms. The number of amides is 2. The number of hydrogen-bond donors (Lipinski definition) is 0.